The molecule has 0 aliphatic carbocycles. The van der Waals surface area contributed by atoms with Crippen molar-refractivity contribution in [2.45, 2.75) is 13.8 Å². The number of aromatic carboxylic acids is 2. The zero-order valence-electron chi connectivity index (χ0n) is 33.3. The number of benzene rings is 6. The fourth-order valence-corrected chi connectivity index (χ4v) is 6.15. The van der Waals surface area contributed by atoms with Crippen LogP contribution in [0, 0.1) is 13.8 Å². The number of anilines is 3. The molecule has 0 radical (unpaired) electrons. The van der Waals surface area contributed by atoms with Crippen LogP contribution >= 0.6 is 11.6 Å². The van der Waals surface area contributed by atoms with Gasteiger partial charge in [0.15, 0.2) is 0 Å². The van der Waals surface area contributed by atoms with E-state index in [1.165, 1.54) is 62.1 Å². The number of nitrogen functional groups attached to an aromatic ring is 1. The molecule has 8 rings (SSSR count). The van der Waals surface area contributed by atoms with Crippen molar-refractivity contribution in [1.82, 2.24) is 19.9 Å². The van der Waals surface area contributed by atoms with Gasteiger partial charge in [-0.25, -0.2) is 29.5 Å². The molecular weight excluding hydrogens is 800 g/mol. The van der Waals surface area contributed by atoms with Gasteiger partial charge in [0, 0.05) is 46.4 Å². The second-order valence-electron chi connectivity index (χ2n) is 13.2. The molecule has 0 amide bonds. The number of methoxy groups -OCH3 is 2. The molecule has 0 saturated carbocycles. The Hall–Kier alpha value is -7.97. The number of carboxylic acids is 2. The van der Waals surface area contributed by atoms with Crippen molar-refractivity contribution in [2.75, 3.05) is 25.3 Å². The van der Waals surface area contributed by atoms with Crippen LogP contribution in [-0.4, -0.2) is 56.3 Å². The van der Waals surface area contributed by atoms with Gasteiger partial charge in [0.1, 0.15) is 46.6 Å². The number of ether oxygens (including phenoxy) is 4. The number of nitrogens with one attached hydrogen (secondary N) is 1. The summed E-state index contributed by atoms with van der Waals surface area (Å²) in [4.78, 5) is 38.1. The van der Waals surface area contributed by atoms with Crippen LogP contribution in [0.3, 0.4) is 0 Å². The Morgan fingerprint density at radius 1 is 0.590 bits per heavy atom. The van der Waals surface area contributed by atoms with E-state index in [-0.39, 0.29) is 11.1 Å². The first kappa shape index (κ1) is 42.6. The molecule has 0 saturated heterocycles. The second-order valence-corrected chi connectivity index (χ2v) is 13.5. The highest BCUT2D eigenvalue weighted by Gasteiger charge is 2.12. The molecule has 0 atom stereocenters. The van der Waals surface area contributed by atoms with E-state index in [0.717, 1.165) is 27.5 Å². The number of fused-ring (bicyclic) bond motifs is 2. The number of nitrogens with two attached hydrogens (primary N) is 1. The number of carboxylic acid groups (broad SMARTS) is 2. The highest BCUT2D eigenvalue weighted by Crippen LogP contribution is 2.33. The van der Waals surface area contributed by atoms with Crippen LogP contribution in [0.25, 0.3) is 21.5 Å². The average Bonchev–Trinajstić information content (AvgIpc) is 3.26. The molecule has 0 spiro atoms. The van der Waals surface area contributed by atoms with Gasteiger partial charge >= 0.3 is 11.9 Å². The molecule has 6 aromatic carbocycles. The minimum Gasteiger partial charge on any atom is -0.497 e. The van der Waals surface area contributed by atoms with Gasteiger partial charge in [0.25, 0.3) is 0 Å². The number of carbonyl (C=O) groups is 2. The molecule has 0 bridgehead atoms. The lowest BCUT2D eigenvalue weighted by Gasteiger charge is -2.12. The zero-order valence-corrected chi connectivity index (χ0v) is 34.0. The Morgan fingerprint density at radius 3 is 1.61 bits per heavy atom. The van der Waals surface area contributed by atoms with E-state index in [9.17, 15) is 14.7 Å². The van der Waals surface area contributed by atoms with Crippen molar-refractivity contribution in [3.8, 4) is 34.8 Å². The van der Waals surface area contributed by atoms with Crippen LogP contribution in [0.5, 0.6) is 34.8 Å². The Labute approximate surface area is 355 Å². The van der Waals surface area contributed by atoms with Crippen molar-refractivity contribution in [1.29, 1.82) is 0 Å². The monoisotopic (exact) mass is 838 g/mol. The van der Waals surface area contributed by atoms with E-state index in [1.807, 2.05) is 66.7 Å². The van der Waals surface area contributed by atoms with Gasteiger partial charge in [-0.1, -0.05) is 72.3 Å². The third kappa shape index (κ3) is 11.2. The highest BCUT2D eigenvalue weighted by atomic mass is 35.5. The topological polar surface area (TPSA) is 201 Å². The van der Waals surface area contributed by atoms with Crippen molar-refractivity contribution < 1.29 is 38.7 Å². The number of nitrogens with zero attached hydrogens (tertiary/aromatic N) is 4. The lowest BCUT2D eigenvalue weighted by Crippen LogP contribution is -2.01. The second kappa shape index (κ2) is 19.7. The predicted molar refractivity (Wildman–Crippen MR) is 234 cm³/mol. The Kier molecular flexibility index (Phi) is 13.7. The summed E-state index contributed by atoms with van der Waals surface area (Å²) in [7, 11) is 2.94. The molecule has 0 unspecified atom stereocenters. The maximum atomic E-state index is 11.3. The molecule has 308 valence electrons. The summed E-state index contributed by atoms with van der Waals surface area (Å²) >= 11 is 5.82. The molecule has 0 aliphatic rings. The van der Waals surface area contributed by atoms with Gasteiger partial charge in [-0.3, -0.25) is 0 Å². The zero-order chi connectivity index (χ0) is 43.5. The minimum atomic E-state index is -1.05. The summed E-state index contributed by atoms with van der Waals surface area (Å²) in [6, 6.07) is 36.2. The van der Waals surface area contributed by atoms with Crippen LogP contribution in [0.4, 0.5) is 17.2 Å². The predicted octanol–water partition coefficient (Wildman–Crippen LogP) is 10.5. The molecule has 61 heavy (non-hydrogen) atoms. The van der Waals surface area contributed by atoms with Gasteiger partial charge in [0.2, 0.25) is 11.8 Å². The van der Waals surface area contributed by atoms with E-state index < -0.39 is 11.9 Å². The first-order valence-corrected chi connectivity index (χ1v) is 18.8. The van der Waals surface area contributed by atoms with Gasteiger partial charge < -0.3 is 40.2 Å². The fourth-order valence-electron chi connectivity index (χ4n) is 6.01. The third-order valence-electron chi connectivity index (χ3n) is 8.96. The van der Waals surface area contributed by atoms with E-state index in [0.29, 0.717) is 51.4 Å². The summed E-state index contributed by atoms with van der Waals surface area (Å²) < 4.78 is 21.8. The smallest absolute Gasteiger partial charge is 0.335 e. The van der Waals surface area contributed by atoms with Crippen molar-refractivity contribution in [3.63, 3.8) is 0 Å². The number of aromatic nitrogens is 4. The molecule has 0 aliphatic heterocycles. The quantitative estimate of drug-likeness (QED) is 0.0748. The molecule has 2 aromatic heterocycles. The molecular formula is C46H39ClN6O8. The molecule has 2 heterocycles. The summed E-state index contributed by atoms with van der Waals surface area (Å²) in [5.41, 5.74) is 8.95. The van der Waals surface area contributed by atoms with Gasteiger partial charge in [-0.2, -0.15) is 0 Å². The number of halogens is 1. The maximum absolute atomic E-state index is 11.3. The molecule has 14 nitrogen and oxygen atoms in total. The van der Waals surface area contributed by atoms with Crippen molar-refractivity contribution in [2.24, 2.45) is 0 Å². The first-order valence-electron chi connectivity index (χ1n) is 18.4. The third-order valence-corrected chi connectivity index (χ3v) is 9.16. The summed E-state index contributed by atoms with van der Waals surface area (Å²) in [6.07, 6.45) is 2.76. The largest absolute Gasteiger partial charge is 0.497 e. The van der Waals surface area contributed by atoms with E-state index in [1.54, 1.807) is 24.3 Å². The van der Waals surface area contributed by atoms with E-state index in [2.05, 4.69) is 45.2 Å². The van der Waals surface area contributed by atoms with Gasteiger partial charge in [-0.15, -0.1) is 0 Å². The van der Waals surface area contributed by atoms with E-state index >= 15 is 0 Å². The lowest BCUT2D eigenvalue weighted by atomic mass is 10.1. The summed E-state index contributed by atoms with van der Waals surface area (Å²) in [5.74, 6) is 1.53. The molecule has 15 heteroatoms. The summed E-state index contributed by atoms with van der Waals surface area (Å²) in [5, 5.41) is 25.7. The minimum absolute atomic E-state index is 0.105. The normalized spacial score (nSPS) is 10.4. The maximum Gasteiger partial charge on any atom is 0.335 e. The van der Waals surface area contributed by atoms with Crippen LogP contribution in [-0.2, 0) is 0 Å². The highest BCUT2D eigenvalue weighted by molar-refractivity contribution is 6.29. The number of hydrogen-bond donors (Lipinski definition) is 4. The van der Waals surface area contributed by atoms with Crippen LogP contribution in [0.1, 0.15) is 31.8 Å². The van der Waals surface area contributed by atoms with Gasteiger partial charge in [0.05, 0.1) is 25.3 Å². The SMILES string of the molecule is COc1cc(N)cc(C(=O)O)c1.COc1cc(Nc2cc(Oc3ccc(C)c4ccccc34)ncn2)cc(C(=O)O)c1.Cc1ccc(Oc2cc(Cl)ncn2)c2ccccc12. The number of rotatable bonds is 10. The first-order chi connectivity index (χ1) is 29.4. The van der Waals surface area contributed by atoms with Crippen molar-refractivity contribution in [3.05, 3.63) is 161 Å². The average molecular weight is 839 g/mol. The van der Waals surface area contributed by atoms with Crippen LogP contribution < -0.4 is 30.0 Å². The standard InChI is InChI=1S/C23H19N3O4.C15H11ClN2O.C8H9NO3/c1-14-7-8-20(19-6-4-3-5-18(14)19)30-22-12-21(24-13-25-22)26-16-9-15(23(27)28)10-17(11-16)29-2;1-10-6-7-13(12-5-3-2-4-11(10)12)19-15-8-14(16)17-9-18-15;1-12-7-3-5(8(10)11)2-6(9)4-7/h3-13H,1-2H3,(H,27,28)(H,24,25,26);2-9H,1H3;2-4H,9H2,1H3,(H,10,11). The summed E-state index contributed by atoms with van der Waals surface area (Å²) in [6.45, 7) is 4.13. The van der Waals surface area contributed by atoms with Crippen LogP contribution in [0.2, 0.25) is 5.15 Å². The molecule has 5 N–H and O–H groups in total. The van der Waals surface area contributed by atoms with E-state index in [4.69, 9.17) is 41.4 Å². The number of aryl methyl sites for hydroxylation is 2. The lowest BCUT2D eigenvalue weighted by molar-refractivity contribution is 0.0686. The number of hydrogen-bond acceptors (Lipinski definition) is 12. The Balaban J connectivity index is 0.000000171. The Bertz CT molecular complexity index is 2860. The van der Waals surface area contributed by atoms with Gasteiger partial charge in [-0.05, 0) is 72.1 Å². The van der Waals surface area contributed by atoms with Crippen molar-refractivity contribution >= 4 is 62.3 Å². The molecule has 8 aromatic rings. The van der Waals surface area contributed by atoms with Crippen LogP contribution in [0.15, 0.2) is 134 Å². The Morgan fingerprint density at radius 2 is 1.08 bits per heavy atom. The molecule has 0 fully saturated rings. The fraction of sp³-hybridized carbons (Fsp3) is 0.0870.